The summed E-state index contributed by atoms with van der Waals surface area (Å²) < 4.78 is 0. The molecular weight excluding hydrogens is 262 g/mol. The monoisotopic (exact) mass is 293 g/mol. The number of nitrogens with one attached hydrogen (secondary N) is 1. The van der Waals surface area contributed by atoms with Crippen LogP contribution in [0.4, 0.5) is 0 Å². The van der Waals surface area contributed by atoms with Gasteiger partial charge in [-0.25, -0.2) is 0 Å². The molecule has 3 fully saturated rings. The number of carbonyl (C=O) groups excluding carboxylic acids is 1. The summed E-state index contributed by atoms with van der Waals surface area (Å²) in [5.41, 5.74) is 6.21. The zero-order valence-corrected chi connectivity index (χ0v) is 13.8. The van der Waals surface area contributed by atoms with Crippen molar-refractivity contribution in [3.63, 3.8) is 0 Å². The van der Waals surface area contributed by atoms with Crippen LogP contribution < -0.4 is 11.1 Å². The topological polar surface area (TPSA) is 58.4 Å². The van der Waals surface area contributed by atoms with Crippen LogP contribution >= 0.6 is 0 Å². The molecule has 0 radical (unpaired) electrons. The summed E-state index contributed by atoms with van der Waals surface area (Å²) in [6.45, 7) is 9.81. The highest BCUT2D eigenvalue weighted by Gasteiger charge is 2.59. The van der Waals surface area contributed by atoms with Crippen LogP contribution in [0.15, 0.2) is 0 Å². The molecule has 3 N–H and O–H groups in total. The Morgan fingerprint density at radius 1 is 1.24 bits per heavy atom. The first kappa shape index (κ1) is 15.3. The molecule has 0 aromatic carbocycles. The Morgan fingerprint density at radius 3 is 2.43 bits per heavy atom. The summed E-state index contributed by atoms with van der Waals surface area (Å²) in [4.78, 5) is 13.2. The van der Waals surface area contributed by atoms with Gasteiger partial charge in [0.05, 0.1) is 6.54 Å². The molecular formula is C17H31N3O. The van der Waals surface area contributed by atoms with Gasteiger partial charge in [0.2, 0.25) is 5.91 Å². The minimum absolute atomic E-state index is 0.205. The molecule has 0 spiro atoms. The van der Waals surface area contributed by atoms with Crippen molar-refractivity contribution in [2.45, 2.75) is 65.0 Å². The van der Waals surface area contributed by atoms with E-state index in [-0.39, 0.29) is 5.91 Å². The number of fused-ring (bicyclic) bond motifs is 2. The van der Waals surface area contributed by atoms with E-state index in [1.807, 2.05) is 0 Å². The fourth-order valence-corrected chi connectivity index (χ4v) is 5.43. The summed E-state index contributed by atoms with van der Waals surface area (Å²) in [6, 6.07) is 1.26. The van der Waals surface area contributed by atoms with E-state index in [0.29, 0.717) is 29.5 Å². The minimum Gasteiger partial charge on any atom is -0.369 e. The van der Waals surface area contributed by atoms with E-state index in [9.17, 15) is 4.79 Å². The molecule has 1 heterocycles. The highest BCUT2D eigenvalue weighted by Crippen LogP contribution is 2.62. The van der Waals surface area contributed by atoms with Crippen LogP contribution in [0.25, 0.3) is 0 Å². The average Bonchev–Trinajstić information content (AvgIpc) is 2.87. The molecule has 2 bridgehead atoms. The van der Waals surface area contributed by atoms with Crippen LogP contribution in [0.3, 0.4) is 0 Å². The second kappa shape index (κ2) is 5.24. The molecule has 4 heteroatoms. The number of nitrogens with two attached hydrogens (primary N) is 1. The molecule has 3 aliphatic rings. The van der Waals surface area contributed by atoms with Gasteiger partial charge in [-0.1, -0.05) is 20.8 Å². The van der Waals surface area contributed by atoms with Crippen molar-refractivity contribution in [2.24, 2.45) is 22.5 Å². The molecule has 3 atom stereocenters. The van der Waals surface area contributed by atoms with E-state index in [4.69, 9.17) is 5.73 Å². The van der Waals surface area contributed by atoms with Gasteiger partial charge in [0.15, 0.2) is 0 Å². The van der Waals surface area contributed by atoms with Crippen molar-refractivity contribution in [2.75, 3.05) is 19.6 Å². The third-order valence-electron chi connectivity index (χ3n) is 6.64. The lowest BCUT2D eigenvalue weighted by Gasteiger charge is -2.46. The molecule has 3 rings (SSSR count). The van der Waals surface area contributed by atoms with Crippen molar-refractivity contribution >= 4 is 5.91 Å². The molecule has 1 saturated heterocycles. The van der Waals surface area contributed by atoms with Crippen LogP contribution in [0.1, 0.15) is 52.9 Å². The molecule has 2 aliphatic carbocycles. The quantitative estimate of drug-likeness (QED) is 0.830. The van der Waals surface area contributed by atoms with Gasteiger partial charge in [0, 0.05) is 25.2 Å². The number of carbonyl (C=O) groups is 1. The van der Waals surface area contributed by atoms with E-state index in [0.717, 1.165) is 31.8 Å². The van der Waals surface area contributed by atoms with Gasteiger partial charge in [-0.05, 0) is 48.9 Å². The van der Waals surface area contributed by atoms with Gasteiger partial charge in [-0.3, -0.25) is 9.69 Å². The Hall–Kier alpha value is -0.610. The minimum atomic E-state index is -0.205. The van der Waals surface area contributed by atoms with Gasteiger partial charge in [-0.2, -0.15) is 0 Å². The van der Waals surface area contributed by atoms with Crippen LogP contribution in [-0.2, 0) is 4.79 Å². The first-order chi connectivity index (χ1) is 9.81. The maximum Gasteiger partial charge on any atom is 0.231 e. The van der Waals surface area contributed by atoms with E-state index in [2.05, 4.69) is 31.0 Å². The smallest absolute Gasteiger partial charge is 0.231 e. The van der Waals surface area contributed by atoms with Crippen LogP contribution in [0.2, 0.25) is 0 Å². The molecule has 2 saturated carbocycles. The maximum absolute atomic E-state index is 11.0. The predicted molar refractivity (Wildman–Crippen MR) is 84.8 cm³/mol. The summed E-state index contributed by atoms with van der Waals surface area (Å²) in [5.74, 6) is 0.693. The molecule has 0 aromatic heterocycles. The van der Waals surface area contributed by atoms with Gasteiger partial charge >= 0.3 is 0 Å². The lowest BCUT2D eigenvalue weighted by atomic mass is 9.68. The van der Waals surface area contributed by atoms with Crippen molar-refractivity contribution in [1.82, 2.24) is 10.2 Å². The lowest BCUT2D eigenvalue weighted by molar-refractivity contribution is -0.119. The first-order valence-electron chi connectivity index (χ1n) is 8.58. The maximum atomic E-state index is 11.0. The Morgan fingerprint density at radius 2 is 1.90 bits per heavy atom. The molecule has 21 heavy (non-hydrogen) atoms. The zero-order valence-electron chi connectivity index (χ0n) is 13.8. The lowest BCUT2D eigenvalue weighted by Crippen LogP contribution is -2.56. The summed E-state index contributed by atoms with van der Waals surface area (Å²) in [5, 5.41) is 4.01. The fraction of sp³-hybridized carbons (Fsp3) is 0.941. The second-order valence-corrected chi connectivity index (χ2v) is 8.53. The Labute approximate surface area is 128 Å². The Kier molecular flexibility index (Phi) is 3.81. The van der Waals surface area contributed by atoms with E-state index in [1.54, 1.807) is 0 Å². The normalized spacial score (nSPS) is 39.8. The van der Waals surface area contributed by atoms with Crippen LogP contribution in [0.5, 0.6) is 0 Å². The largest absolute Gasteiger partial charge is 0.369 e. The first-order valence-corrected chi connectivity index (χ1v) is 8.58. The Balaban J connectivity index is 1.57. The highest BCUT2D eigenvalue weighted by atomic mass is 16.1. The molecule has 120 valence electrons. The Bertz CT molecular complexity index is 410. The van der Waals surface area contributed by atoms with Gasteiger partial charge < -0.3 is 11.1 Å². The van der Waals surface area contributed by atoms with Gasteiger partial charge in [0.25, 0.3) is 0 Å². The van der Waals surface area contributed by atoms with Crippen LogP contribution in [0, 0.1) is 16.7 Å². The third-order valence-corrected chi connectivity index (χ3v) is 6.64. The summed E-state index contributed by atoms with van der Waals surface area (Å²) in [7, 11) is 0. The highest BCUT2D eigenvalue weighted by molar-refractivity contribution is 5.75. The number of hydrogen-bond donors (Lipinski definition) is 2. The predicted octanol–water partition coefficient (Wildman–Crippen LogP) is 1.74. The average molecular weight is 293 g/mol. The fourth-order valence-electron chi connectivity index (χ4n) is 5.43. The van der Waals surface area contributed by atoms with Crippen molar-refractivity contribution in [1.29, 1.82) is 0 Å². The number of rotatable bonds is 4. The van der Waals surface area contributed by atoms with Crippen molar-refractivity contribution < 1.29 is 4.79 Å². The molecule has 0 aromatic rings. The number of amides is 1. The van der Waals surface area contributed by atoms with E-state index >= 15 is 0 Å². The van der Waals surface area contributed by atoms with E-state index in [1.165, 1.54) is 19.3 Å². The zero-order chi connectivity index (χ0) is 15.3. The van der Waals surface area contributed by atoms with Gasteiger partial charge in [-0.15, -0.1) is 0 Å². The molecule has 1 aliphatic heterocycles. The van der Waals surface area contributed by atoms with E-state index < -0.39 is 0 Å². The van der Waals surface area contributed by atoms with Crippen molar-refractivity contribution in [3.05, 3.63) is 0 Å². The third kappa shape index (κ3) is 2.72. The number of piperidine rings is 1. The summed E-state index contributed by atoms with van der Waals surface area (Å²) >= 11 is 0. The van der Waals surface area contributed by atoms with Gasteiger partial charge in [0.1, 0.15) is 0 Å². The van der Waals surface area contributed by atoms with Crippen LogP contribution in [-0.4, -0.2) is 42.5 Å². The number of nitrogens with zero attached hydrogens (tertiary/aromatic N) is 1. The SMILES string of the molecule is CC12CCC(C1)C(C)(C)C2NC1CCN(CC(N)=O)CC1. The van der Waals surface area contributed by atoms with Crippen molar-refractivity contribution in [3.8, 4) is 0 Å². The molecule has 1 amide bonds. The number of hydrogen-bond acceptors (Lipinski definition) is 3. The molecule has 4 nitrogen and oxygen atoms in total. The number of primary amides is 1. The summed E-state index contributed by atoms with van der Waals surface area (Å²) in [6.07, 6.45) is 6.48. The molecule has 3 unspecified atom stereocenters. The second-order valence-electron chi connectivity index (χ2n) is 8.53. The standard InChI is InChI=1S/C17H31N3O/c1-16(2)12-4-7-17(3,10-12)15(16)19-13-5-8-20(9-6-13)11-14(18)21/h12-13,15,19H,4-11H2,1-3H3,(H2,18,21). The number of likely N-dealkylation sites (tertiary alicyclic amines) is 1.